The van der Waals surface area contributed by atoms with E-state index in [1.54, 1.807) is 16.8 Å². The number of anilines is 1. The lowest BCUT2D eigenvalue weighted by atomic mass is 10.2. The number of aryl methyl sites for hydroxylation is 2. The van der Waals surface area contributed by atoms with Gasteiger partial charge < -0.3 is 4.90 Å². The third kappa shape index (κ3) is 3.61. The molecule has 0 spiro atoms. The highest BCUT2D eigenvalue weighted by atomic mass is 32.2. The van der Waals surface area contributed by atoms with E-state index in [1.807, 2.05) is 55.1 Å². The molecule has 4 aromatic rings. The van der Waals surface area contributed by atoms with Gasteiger partial charge in [0.05, 0.1) is 10.6 Å². The van der Waals surface area contributed by atoms with E-state index in [9.17, 15) is 8.42 Å². The highest BCUT2D eigenvalue weighted by Gasteiger charge is 2.30. The van der Waals surface area contributed by atoms with E-state index in [2.05, 4.69) is 20.3 Å². The summed E-state index contributed by atoms with van der Waals surface area (Å²) in [6.45, 7) is 5.72. The smallest absolute Gasteiger partial charge is 0.243 e. The molecule has 2 aromatic carbocycles. The number of rotatable bonds is 4. The quantitative estimate of drug-likeness (QED) is 0.472. The molecule has 0 aliphatic carbocycles. The largest absolute Gasteiger partial charge is 0.352 e. The van der Waals surface area contributed by atoms with E-state index in [4.69, 9.17) is 0 Å². The molecule has 3 heterocycles. The standard InChI is InChI=1S/C22H23N7O2S/c1-16-3-7-18(8-4-16)29-22-20(25-26-29)21(23-15-24-22)27-11-13-28(14-12-27)32(30,31)19-9-5-17(2)6-10-19/h3-10,15H,11-14H2,1-2H3. The van der Waals surface area contributed by atoms with Crippen molar-refractivity contribution in [2.75, 3.05) is 31.1 Å². The first-order valence-corrected chi connectivity index (χ1v) is 11.8. The van der Waals surface area contributed by atoms with Crippen LogP contribution in [0.5, 0.6) is 0 Å². The molecule has 1 aliphatic rings. The summed E-state index contributed by atoms with van der Waals surface area (Å²) in [5.41, 5.74) is 4.28. The van der Waals surface area contributed by atoms with Crippen LogP contribution in [-0.2, 0) is 10.0 Å². The van der Waals surface area contributed by atoms with E-state index in [1.165, 1.54) is 10.6 Å². The molecule has 0 atom stereocenters. The number of benzene rings is 2. The lowest BCUT2D eigenvalue weighted by Gasteiger charge is -2.34. The molecule has 5 rings (SSSR count). The fourth-order valence-electron chi connectivity index (χ4n) is 3.83. The summed E-state index contributed by atoms with van der Waals surface area (Å²) in [7, 11) is -3.52. The molecule has 10 heteroatoms. The second kappa shape index (κ2) is 7.95. The second-order valence-electron chi connectivity index (χ2n) is 7.91. The molecule has 1 fully saturated rings. The van der Waals surface area contributed by atoms with Crippen molar-refractivity contribution in [2.24, 2.45) is 0 Å². The Morgan fingerprint density at radius 2 is 1.44 bits per heavy atom. The highest BCUT2D eigenvalue weighted by Crippen LogP contribution is 2.25. The normalized spacial score (nSPS) is 15.4. The third-order valence-corrected chi connectivity index (χ3v) is 7.61. The maximum absolute atomic E-state index is 13.0. The minimum Gasteiger partial charge on any atom is -0.352 e. The number of hydrogen-bond donors (Lipinski definition) is 0. The van der Waals surface area contributed by atoms with Crippen LogP contribution in [0.15, 0.2) is 59.8 Å². The van der Waals surface area contributed by atoms with Gasteiger partial charge in [-0.2, -0.15) is 8.99 Å². The van der Waals surface area contributed by atoms with Crippen molar-refractivity contribution in [1.29, 1.82) is 0 Å². The molecule has 9 nitrogen and oxygen atoms in total. The maximum atomic E-state index is 13.0. The molecule has 1 aliphatic heterocycles. The Labute approximate surface area is 186 Å². The predicted molar refractivity (Wildman–Crippen MR) is 121 cm³/mol. The fraction of sp³-hybridized carbons (Fsp3) is 0.273. The zero-order valence-electron chi connectivity index (χ0n) is 17.9. The van der Waals surface area contributed by atoms with Gasteiger partial charge in [-0.3, -0.25) is 0 Å². The Hall–Kier alpha value is -3.37. The molecule has 0 unspecified atom stereocenters. The summed E-state index contributed by atoms with van der Waals surface area (Å²) in [5, 5.41) is 8.61. The van der Waals surface area contributed by atoms with Gasteiger partial charge in [-0.15, -0.1) is 5.10 Å². The number of hydrogen-bond acceptors (Lipinski definition) is 7. The number of nitrogens with zero attached hydrogens (tertiary/aromatic N) is 7. The van der Waals surface area contributed by atoms with Gasteiger partial charge in [0, 0.05) is 26.2 Å². The predicted octanol–water partition coefficient (Wildman–Crippen LogP) is 2.34. The topological polar surface area (TPSA) is 97.1 Å². The molecule has 0 radical (unpaired) electrons. The molecule has 2 aromatic heterocycles. The summed E-state index contributed by atoms with van der Waals surface area (Å²) < 4.78 is 29.2. The summed E-state index contributed by atoms with van der Waals surface area (Å²) >= 11 is 0. The van der Waals surface area contributed by atoms with E-state index in [0.29, 0.717) is 48.1 Å². The van der Waals surface area contributed by atoms with Crippen LogP contribution in [0.3, 0.4) is 0 Å². The monoisotopic (exact) mass is 449 g/mol. The molecule has 0 amide bonds. The number of piperazine rings is 1. The average molecular weight is 450 g/mol. The van der Waals surface area contributed by atoms with Crippen molar-refractivity contribution >= 4 is 27.0 Å². The van der Waals surface area contributed by atoms with Crippen LogP contribution in [0, 0.1) is 13.8 Å². The van der Waals surface area contributed by atoms with E-state index in [0.717, 1.165) is 16.8 Å². The third-order valence-electron chi connectivity index (χ3n) is 5.69. The van der Waals surface area contributed by atoms with E-state index >= 15 is 0 Å². The molecule has 0 bridgehead atoms. The van der Waals surface area contributed by atoms with Crippen LogP contribution in [-0.4, -0.2) is 63.9 Å². The lowest BCUT2D eigenvalue weighted by Crippen LogP contribution is -2.49. The highest BCUT2D eigenvalue weighted by molar-refractivity contribution is 7.89. The van der Waals surface area contributed by atoms with Crippen molar-refractivity contribution in [3.63, 3.8) is 0 Å². The Kier molecular flexibility index (Phi) is 5.10. The summed E-state index contributed by atoms with van der Waals surface area (Å²) in [5.74, 6) is 0.667. The van der Waals surface area contributed by atoms with Gasteiger partial charge in [0.1, 0.15) is 6.33 Å². The van der Waals surface area contributed by atoms with Crippen LogP contribution in [0.1, 0.15) is 11.1 Å². The molecule has 0 saturated carbocycles. The maximum Gasteiger partial charge on any atom is 0.243 e. The van der Waals surface area contributed by atoms with Crippen LogP contribution in [0.25, 0.3) is 16.9 Å². The SMILES string of the molecule is Cc1ccc(-n2nnc3c(N4CCN(S(=O)(=O)c5ccc(C)cc5)CC4)ncnc32)cc1. The molecule has 1 saturated heterocycles. The Morgan fingerprint density at radius 1 is 0.812 bits per heavy atom. The first-order chi connectivity index (χ1) is 15.4. The van der Waals surface area contributed by atoms with Gasteiger partial charge in [-0.1, -0.05) is 40.6 Å². The van der Waals surface area contributed by atoms with Crippen molar-refractivity contribution < 1.29 is 8.42 Å². The average Bonchev–Trinajstić information content (AvgIpc) is 3.24. The van der Waals surface area contributed by atoms with Gasteiger partial charge >= 0.3 is 0 Å². The Balaban J connectivity index is 1.38. The zero-order valence-corrected chi connectivity index (χ0v) is 18.7. The van der Waals surface area contributed by atoms with Gasteiger partial charge in [0.2, 0.25) is 10.0 Å². The first-order valence-electron chi connectivity index (χ1n) is 10.4. The number of fused-ring (bicyclic) bond motifs is 1. The molecule has 0 N–H and O–H groups in total. The van der Waals surface area contributed by atoms with Gasteiger partial charge in [-0.25, -0.2) is 18.4 Å². The minimum absolute atomic E-state index is 0.321. The van der Waals surface area contributed by atoms with E-state index in [-0.39, 0.29) is 0 Å². The van der Waals surface area contributed by atoms with Crippen LogP contribution < -0.4 is 4.90 Å². The van der Waals surface area contributed by atoms with Crippen LogP contribution >= 0.6 is 0 Å². The molecular formula is C22H23N7O2S. The zero-order chi connectivity index (χ0) is 22.3. The lowest BCUT2D eigenvalue weighted by molar-refractivity contribution is 0.384. The summed E-state index contributed by atoms with van der Waals surface area (Å²) in [6, 6.07) is 14.9. The Bertz CT molecular complexity index is 1360. The molecule has 164 valence electrons. The molecule has 32 heavy (non-hydrogen) atoms. The first kappa shape index (κ1) is 20.5. The second-order valence-corrected chi connectivity index (χ2v) is 9.85. The Morgan fingerprint density at radius 3 is 2.09 bits per heavy atom. The van der Waals surface area contributed by atoms with Gasteiger partial charge in [0.25, 0.3) is 0 Å². The van der Waals surface area contributed by atoms with Crippen LogP contribution in [0.4, 0.5) is 5.82 Å². The van der Waals surface area contributed by atoms with Crippen molar-refractivity contribution in [3.8, 4) is 5.69 Å². The number of sulfonamides is 1. The van der Waals surface area contributed by atoms with Crippen molar-refractivity contribution in [2.45, 2.75) is 18.7 Å². The van der Waals surface area contributed by atoms with Crippen molar-refractivity contribution in [3.05, 3.63) is 66.0 Å². The minimum atomic E-state index is -3.52. The summed E-state index contributed by atoms with van der Waals surface area (Å²) in [6.07, 6.45) is 1.50. The molecular weight excluding hydrogens is 426 g/mol. The van der Waals surface area contributed by atoms with E-state index < -0.39 is 10.0 Å². The summed E-state index contributed by atoms with van der Waals surface area (Å²) in [4.78, 5) is 11.2. The fourth-order valence-corrected chi connectivity index (χ4v) is 5.25. The van der Waals surface area contributed by atoms with Crippen LogP contribution in [0.2, 0.25) is 0 Å². The van der Waals surface area contributed by atoms with Crippen molar-refractivity contribution in [1.82, 2.24) is 29.3 Å². The number of aromatic nitrogens is 5. The van der Waals surface area contributed by atoms with Gasteiger partial charge in [-0.05, 0) is 38.1 Å². The van der Waals surface area contributed by atoms with Gasteiger partial charge in [0.15, 0.2) is 17.0 Å².